The maximum atomic E-state index is 9.56. The summed E-state index contributed by atoms with van der Waals surface area (Å²) in [5.74, 6) is 0.837. The van der Waals surface area contributed by atoms with Gasteiger partial charge in [0.05, 0.1) is 17.3 Å². The Morgan fingerprint density at radius 1 is 1.05 bits per heavy atom. The molecule has 2 aromatic carbocycles. The number of fused-ring (bicyclic) bond motifs is 1. The maximum Gasteiger partial charge on any atom is 0.148 e. The second-order valence-corrected chi connectivity index (χ2v) is 5.12. The molecule has 4 heteroatoms. The van der Waals surface area contributed by atoms with Crippen molar-refractivity contribution in [3.05, 3.63) is 60.2 Å². The Balaban J connectivity index is 1.91. The van der Waals surface area contributed by atoms with E-state index in [9.17, 15) is 5.11 Å². The van der Waals surface area contributed by atoms with Crippen molar-refractivity contribution in [1.82, 2.24) is 4.37 Å². The highest BCUT2D eigenvalue weighted by Crippen LogP contribution is 2.29. The molecule has 0 saturated carbocycles. The number of hydrogen-bond donors (Lipinski definition) is 2. The summed E-state index contributed by atoms with van der Waals surface area (Å²) in [6, 6.07) is 17.9. The van der Waals surface area contributed by atoms with Crippen LogP contribution in [0.25, 0.3) is 10.1 Å². The van der Waals surface area contributed by atoms with Gasteiger partial charge in [0, 0.05) is 5.39 Å². The van der Waals surface area contributed by atoms with Crippen LogP contribution in [0.1, 0.15) is 11.6 Å². The summed E-state index contributed by atoms with van der Waals surface area (Å²) in [4.78, 5) is 0. The third-order valence-corrected chi connectivity index (χ3v) is 3.90. The number of nitrogens with one attached hydrogen (secondary N) is 1. The van der Waals surface area contributed by atoms with E-state index in [0.29, 0.717) is 0 Å². The van der Waals surface area contributed by atoms with Crippen molar-refractivity contribution in [3.8, 4) is 0 Å². The molecular formula is C15H14N2OS. The van der Waals surface area contributed by atoms with Gasteiger partial charge in [0.25, 0.3) is 0 Å². The highest BCUT2D eigenvalue weighted by molar-refractivity contribution is 7.13. The summed E-state index contributed by atoms with van der Waals surface area (Å²) < 4.78 is 5.58. The molecule has 96 valence electrons. The fourth-order valence-corrected chi connectivity index (χ4v) is 2.82. The SMILES string of the molecule is OC[C@H](Nc1nsc2ccccc12)c1ccccc1. The highest BCUT2D eigenvalue weighted by atomic mass is 32.1. The first-order chi connectivity index (χ1) is 9.38. The molecule has 0 bridgehead atoms. The third kappa shape index (κ3) is 2.45. The Hall–Kier alpha value is -1.91. The minimum Gasteiger partial charge on any atom is -0.394 e. The molecule has 0 radical (unpaired) electrons. The fraction of sp³-hybridized carbons (Fsp3) is 0.133. The number of aromatic nitrogens is 1. The quantitative estimate of drug-likeness (QED) is 0.763. The Kier molecular flexibility index (Phi) is 3.44. The first-order valence-corrected chi connectivity index (χ1v) is 6.92. The van der Waals surface area contributed by atoms with E-state index < -0.39 is 0 Å². The van der Waals surface area contributed by atoms with E-state index in [2.05, 4.69) is 15.8 Å². The number of aliphatic hydroxyl groups excluding tert-OH is 1. The van der Waals surface area contributed by atoms with Crippen LogP contribution in [0.2, 0.25) is 0 Å². The van der Waals surface area contributed by atoms with Crippen molar-refractivity contribution in [2.24, 2.45) is 0 Å². The van der Waals surface area contributed by atoms with Gasteiger partial charge < -0.3 is 10.4 Å². The zero-order valence-electron chi connectivity index (χ0n) is 10.3. The fourth-order valence-electron chi connectivity index (χ4n) is 2.07. The van der Waals surface area contributed by atoms with Crippen LogP contribution < -0.4 is 5.32 Å². The van der Waals surface area contributed by atoms with Gasteiger partial charge >= 0.3 is 0 Å². The lowest BCUT2D eigenvalue weighted by molar-refractivity contribution is 0.276. The number of hydrogen-bond acceptors (Lipinski definition) is 4. The summed E-state index contributed by atoms with van der Waals surface area (Å²) in [5.41, 5.74) is 1.06. The standard InChI is InChI=1S/C15H14N2OS/c18-10-13(11-6-2-1-3-7-11)16-15-12-8-4-5-9-14(12)19-17-15/h1-9,13,18H,10H2,(H,16,17)/t13-/m0/s1. The van der Waals surface area contributed by atoms with Crippen LogP contribution in [0.4, 0.5) is 5.82 Å². The molecule has 0 spiro atoms. The van der Waals surface area contributed by atoms with Crippen molar-refractivity contribution >= 4 is 27.4 Å². The second kappa shape index (κ2) is 5.38. The zero-order valence-corrected chi connectivity index (χ0v) is 11.1. The van der Waals surface area contributed by atoms with Gasteiger partial charge in [-0.1, -0.05) is 42.5 Å². The molecule has 1 aromatic heterocycles. The van der Waals surface area contributed by atoms with E-state index in [1.54, 1.807) is 0 Å². The Morgan fingerprint density at radius 2 is 1.79 bits per heavy atom. The Labute approximate surface area is 115 Å². The van der Waals surface area contributed by atoms with Crippen LogP contribution in [-0.2, 0) is 0 Å². The van der Waals surface area contributed by atoms with Crippen LogP contribution in [0.5, 0.6) is 0 Å². The van der Waals surface area contributed by atoms with Gasteiger partial charge in [-0.2, -0.15) is 4.37 Å². The lowest BCUT2D eigenvalue weighted by atomic mass is 10.1. The molecule has 3 rings (SSSR count). The van der Waals surface area contributed by atoms with Crippen LogP contribution in [0.3, 0.4) is 0 Å². The average Bonchev–Trinajstić information content (AvgIpc) is 2.89. The summed E-state index contributed by atoms with van der Waals surface area (Å²) in [6.45, 7) is 0.0376. The molecule has 0 unspecified atom stereocenters. The van der Waals surface area contributed by atoms with Gasteiger partial charge in [-0.05, 0) is 29.2 Å². The van der Waals surface area contributed by atoms with Crippen molar-refractivity contribution in [2.45, 2.75) is 6.04 Å². The van der Waals surface area contributed by atoms with Crippen LogP contribution >= 0.6 is 11.5 Å². The maximum absolute atomic E-state index is 9.56. The average molecular weight is 270 g/mol. The molecule has 1 atom stereocenters. The molecule has 3 nitrogen and oxygen atoms in total. The van der Waals surface area contributed by atoms with Crippen LogP contribution in [0, 0.1) is 0 Å². The van der Waals surface area contributed by atoms with E-state index in [1.165, 1.54) is 11.5 Å². The number of benzene rings is 2. The first kappa shape index (κ1) is 12.1. The summed E-state index contributed by atoms with van der Waals surface area (Å²) >= 11 is 1.47. The molecule has 0 fully saturated rings. The lowest BCUT2D eigenvalue weighted by Crippen LogP contribution is -2.14. The van der Waals surface area contributed by atoms with E-state index >= 15 is 0 Å². The minimum absolute atomic E-state index is 0.0376. The summed E-state index contributed by atoms with van der Waals surface area (Å²) in [6.07, 6.45) is 0. The largest absolute Gasteiger partial charge is 0.394 e. The van der Waals surface area contributed by atoms with Crippen molar-refractivity contribution in [2.75, 3.05) is 11.9 Å². The zero-order chi connectivity index (χ0) is 13.1. The predicted molar refractivity (Wildman–Crippen MR) is 79.5 cm³/mol. The predicted octanol–water partition coefficient (Wildman–Crippen LogP) is 3.44. The molecule has 0 aliphatic rings. The molecule has 3 aromatic rings. The minimum atomic E-state index is -0.133. The van der Waals surface area contributed by atoms with Crippen molar-refractivity contribution < 1.29 is 5.11 Å². The number of anilines is 1. The molecule has 19 heavy (non-hydrogen) atoms. The van der Waals surface area contributed by atoms with Gasteiger partial charge in [-0.25, -0.2) is 0 Å². The van der Waals surface area contributed by atoms with E-state index in [0.717, 1.165) is 21.5 Å². The summed E-state index contributed by atoms with van der Waals surface area (Å²) in [5, 5.41) is 14.0. The van der Waals surface area contributed by atoms with E-state index in [-0.39, 0.29) is 12.6 Å². The van der Waals surface area contributed by atoms with Gasteiger partial charge in [-0.3, -0.25) is 0 Å². The normalized spacial score (nSPS) is 12.5. The monoisotopic (exact) mass is 270 g/mol. The van der Waals surface area contributed by atoms with Crippen molar-refractivity contribution in [3.63, 3.8) is 0 Å². The number of nitrogens with zero attached hydrogens (tertiary/aromatic N) is 1. The van der Waals surface area contributed by atoms with E-state index in [4.69, 9.17) is 0 Å². The molecule has 0 saturated heterocycles. The Bertz CT molecular complexity index is 666. The molecule has 0 aliphatic carbocycles. The number of aliphatic hydroxyl groups is 1. The van der Waals surface area contributed by atoms with Gasteiger partial charge in [0.2, 0.25) is 0 Å². The molecule has 1 heterocycles. The molecule has 0 amide bonds. The lowest BCUT2D eigenvalue weighted by Gasteiger charge is -2.16. The molecule has 0 aliphatic heterocycles. The topological polar surface area (TPSA) is 45.1 Å². The Morgan fingerprint density at radius 3 is 2.58 bits per heavy atom. The molecular weight excluding hydrogens is 256 g/mol. The van der Waals surface area contributed by atoms with Gasteiger partial charge in [-0.15, -0.1) is 0 Å². The van der Waals surface area contributed by atoms with Gasteiger partial charge in [0.15, 0.2) is 0 Å². The second-order valence-electron chi connectivity index (χ2n) is 4.32. The van der Waals surface area contributed by atoms with Crippen LogP contribution in [0.15, 0.2) is 54.6 Å². The van der Waals surface area contributed by atoms with Crippen LogP contribution in [-0.4, -0.2) is 16.1 Å². The molecule has 2 N–H and O–H groups in total. The smallest absolute Gasteiger partial charge is 0.148 e. The van der Waals surface area contributed by atoms with Gasteiger partial charge in [0.1, 0.15) is 5.82 Å². The third-order valence-electron chi connectivity index (χ3n) is 3.07. The van der Waals surface area contributed by atoms with E-state index in [1.807, 2.05) is 48.5 Å². The highest BCUT2D eigenvalue weighted by Gasteiger charge is 2.13. The summed E-state index contributed by atoms with van der Waals surface area (Å²) in [7, 11) is 0. The van der Waals surface area contributed by atoms with Crippen molar-refractivity contribution in [1.29, 1.82) is 0 Å². The first-order valence-electron chi connectivity index (χ1n) is 6.15. The number of rotatable bonds is 4.